The quantitative estimate of drug-likeness (QED) is 0.686. The van der Waals surface area contributed by atoms with Crippen LogP contribution in [0, 0.1) is 6.92 Å². The van der Waals surface area contributed by atoms with Crippen LogP contribution in [-0.2, 0) is 5.75 Å². The van der Waals surface area contributed by atoms with Gasteiger partial charge in [0, 0.05) is 0 Å². The highest BCUT2D eigenvalue weighted by atomic mass is 32.2. The van der Waals surface area contributed by atoms with Gasteiger partial charge >= 0.3 is 0 Å². The van der Waals surface area contributed by atoms with Gasteiger partial charge in [0.25, 0.3) is 5.22 Å². The van der Waals surface area contributed by atoms with E-state index in [1.165, 1.54) is 17.8 Å². The van der Waals surface area contributed by atoms with Gasteiger partial charge < -0.3 is 18.7 Å². The minimum absolute atomic E-state index is 0.172. The van der Waals surface area contributed by atoms with E-state index < -0.39 is 5.97 Å². The van der Waals surface area contributed by atoms with Gasteiger partial charge in [0.2, 0.25) is 0 Å². The van der Waals surface area contributed by atoms with Gasteiger partial charge in [-0.1, -0.05) is 17.8 Å². The Balaban J connectivity index is 1.74. The van der Waals surface area contributed by atoms with Gasteiger partial charge in [0.1, 0.15) is 23.0 Å². The highest BCUT2D eigenvalue weighted by Crippen LogP contribution is 2.27. The van der Waals surface area contributed by atoms with Crippen LogP contribution in [-0.4, -0.2) is 11.0 Å². The van der Waals surface area contributed by atoms with Crippen LogP contribution in [0.3, 0.4) is 0 Å². The molecule has 0 N–H and O–H groups in total. The van der Waals surface area contributed by atoms with E-state index in [-0.39, 0.29) is 5.76 Å². The van der Waals surface area contributed by atoms with Crippen LogP contribution < -0.4 is 5.11 Å². The molecule has 0 aliphatic rings. The van der Waals surface area contributed by atoms with E-state index in [9.17, 15) is 9.90 Å². The van der Waals surface area contributed by atoms with Crippen molar-refractivity contribution in [1.29, 1.82) is 0 Å². The summed E-state index contributed by atoms with van der Waals surface area (Å²) >= 11 is 1.35. The molecule has 0 radical (unpaired) electrons. The lowest BCUT2D eigenvalue weighted by Crippen LogP contribution is -2.21. The van der Waals surface area contributed by atoms with Crippen molar-refractivity contribution >= 4 is 28.8 Å². The first kappa shape index (κ1) is 12.8. The number of carbonyl (C=O) groups excluding carboxylic acids is 1. The molecule has 0 spiro atoms. The molecule has 0 bridgehead atoms. The van der Waals surface area contributed by atoms with E-state index in [1.807, 2.05) is 25.1 Å². The molecule has 3 rings (SSSR count). The molecule has 0 aliphatic carbocycles. The number of rotatable bonds is 4. The first-order chi connectivity index (χ1) is 9.61. The summed E-state index contributed by atoms with van der Waals surface area (Å²) in [7, 11) is 0. The second-order valence-electron chi connectivity index (χ2n) is 4.29. The maximum Gasteiger partial charge on any atom is 0.257 e. The van der Waals surface area contributed by atoms with E-state index in [4.69, 9.17) is 8.83 Å². The van der Waals surface area contributed by atoms with Crippen molar-refractivity contribution in [3.8, 4) is 0 Å². The number of carboxylic acid groups (broad SMARTS) is 1. The Labute approximate surface area is 118 Å². The van der Waals surface area contributed by atoms with E-state index in [0.29, 0.717) is 16.7 Å². The van der Waals surface area contributed by atoms with Crippen LogP contribution >= 0.6 is 11.8 Å². The van der Waals surface area contributed by atoms with Crippen LogP contribution in [0.2, 0.25) is 0 Å². The number of hydrogen-bond donors (Lipinski definition) is 0. The molecule has 20 heavy (non-hydrogen) atoms. The molecule has 5 nitrogen and oxygen atoms in total. The van der Waals surface area contributed by atoms with Gasteiger partial charge in [-0.25, -0.2) is 4.98 Å². The van der Waals surface area contributed by atoms with Crippen LogP contribution in [0.15, 0.2) is 44.4 Å². The fourth-order valence-electron chi connectivity index (χ4n) is 1.78. The van der Waals surface area contributed by atoms with Crippen LogP contribution in [0.25, 0.3) is 11.1 Å². The molecule has 0 unspecified atom stereocenters. The van der Waals surface area contributed by atoms with Gasteiger partial charge in [0.05, 0.1) is 5.75 Å². The average molecular weight is 288 g/mol. The topological polar surface area (TPSA) is 79.3 Å². The third-order valence-corrected chi connectivity index (χ3v) is 3.57. The first-order valence-electron chi connectivity index (χ1n) is 5.92. The Morgan fingerprint density at radius 2 is 2.15 bits per heavy atom. The van der Waals surface area contributed by atoms with E-state index in [2.05, 4.69) is 4.98 Å². The molecule has 0 fully saturated rings. The largest absolute Gasteiger partial charge is 0.542 e. The van der Waals surface area contributed by atoms with Gasteiger partial charge in [-0.05, 0) is 36.8 Å². The molecule has 2 aromatic heterocycles. The molecular formula is C14H10NO4S-. The predicted molar refractivity (Wildman–Crippen MR) is 71.3 cm³/mol. The van der Waals surface area contributed by atoms with Crippen molar-refractivity contribution in [3.05, 3.63) is 47.4 Å². The third-order valence-electron chi connectivity index (χ3n) is 2.72. The lowest BCUT2D eigenvalue weighted by atomic mass is 10.2. The summed E-state index contributed by atoms with van der Waals surface area (Å²) in [4.78, 5) is 15.0. The standard InChI is InChI=1S/C14H11NO4S/c1-8-2-4-11-10(6-8)15-14(19-11)20-7-9-3-5-12(18-9)13(16)17/h2-6H,7H2,1H3,(H,16,17)/p-1. The van der Waals surface area contributed by atoms with Crippen LogP contribution in [0.4, 0.5) is 0 Å². The number of aryl methyl sites for hydroxylation is 1. The van der Waals surface area contributed by atoms with E-state index in [1.54, 1.807) is 6.07 Å². The van der Waals surface area contributed by atoms with Crippen molar-refractivity contribution in [2.45, 2.75) is 17.9 Å². The Hall–Kier alpha value is -2.21. The molecule has 2 heterocycles. The summed E-state index contributed by atoms with van der Waals surface area (Å²) in [5.74, 6) is -0.515. The number of carboxylic acids is 1. The number of carbonyl (C=O) groups is 1. The average Bonchev–Trinajstić information content (AvgIpc) is 3.01. The van der Waals surface area contributed by atoms with Crippen molar-refractivity contribution in [2.24, 2.45) is 0 Å². The third kappa shape index (κ3) is 2.55. The Kier molecular flexibility index (Phi) is 3.23. The number of aromatic carboxylic acids is 1. The number of nitrogens with zero attached hydrogens (tertiary/aromatic N) is 1. The van der Waals surface area contributed by atoms with E-state index >= 15 is 0 Å². The predicted octanol–water partition coefficient (Wildman–Crippen LogP) is 2.39. The first-order valence-corrected chi connectivity index (χ1v) is 6.90. The second kappa shape index (κ2) is 5.05. The van der Waals surface area contributed by atoms with Gasteiger partial charge in [-0.2, -0.15) is 0 Å². The molecule has 0 aliphatic heterocycles. The minimum atomic E-state index is -1.32. The summed E-state index contributed by atoms with van der Waals surface area (Å²) in [6.45, 7) is 1.99. The fraction of sp³-hybridized carbons (Fsp3) is 0.143. The highest BCUT2D eigenvalue weighted by molar-refractivity contribution is 7.98. The van der Waals surface area contributed by atoms with Crippen molar-refractivity contribution < 1.29 is 18.7 Å². The second-order valence-corrected chi connectivity index (χ2v) is 5.22. The van der Waals surface area contributed by atoms with Crippen molar-refractivity contribution in [2.75, 3.05) is 0 Å². The van der Waals surface area contributed by atoms with Gasteiger partial charge in [0.15, 0.2) is 5.58 Å². The lowest BCUT2D eigenvalue weighted by Gasteiger charge is -1.96. The lowest BCUT2D eigenvalue weighted by molar-refractivity contribution is -0.257. The summed E-state index contributed by atoms with van der Waals surface area (Å²) in [5.41, 5.74) is 2.65. The molecule has 0 atom stereocenters. The SMILES string of the molecule is Cc1ccc2oc(SCc3ccc(C(=O)[O-])o3)nc2c1. The number of fused-ring (bicyclic) bond motifs is 1. The minimum Gasteiger partial charge on any atom is -0.542 e. The summed E-state index contributed by atoms with van der Waals surface area (Å²) < 4.78 is 10.7. The van der Waals surface area contributed by atoms with E-state index in [0.717, 1.165) is 16.7 Å². The normalized spacial score (nSPS) is 11.1. The number of furan rings is 1. The zero-order valence-corrected chi connectivity index (χ0v) is 11.4. The molecule has 0 saturated heterocycles. The molecule has 3 aromatic rings. The fourth-order valence-corrected chi connectivity index (χ4v) is 2.51. The maximum atomic E-state index is 10.6. The molecule has 0 amide bonds. The van der Waals surface area contributed by atoms with Gasteiger partial charge in [-0.3, -0.25) is 0 Å². The summed E-state index contributed by atoms with van der Waals surface area (Å²) in [6.07, 6.45) is 0. The molecule has 6 heteroatoms. The zero-order valence-electron chi connectivity index (χ0n) is 10.6. The molecule has 102 valence electrons. The molecule has 0 saturated carbocycles. The number of oxazole rings is 1. The zero-order chi connectivity index (χ0) is 14.1. The van der Waals surface area contributed by atoms with Crippen molar-refractivity contribution in [1.82, 2.24) is 4.98 Å². The Bertz CT molecular complexity index is 774. The highest BCUT2D eigenvalue weighted by Gasteiger charge is 2.09. The Morgan fingerprint density at radius 3 is 2.90 bits per heavy atom. The number of thioether (sulfide) groups is 1. The van der Waals surface area contributed by atoms with Crippen LogP contribution in [0.5, 0.6) is 0 Å². The van der Waals surface area contributed by atoms with Crippen molar-refractivity contribution in [3.63, 3.8) is 0 Å². The number of benzene rings is 1. The van der Waals surface area contributed by atoms with Gasteiger partial charge in [-0.15, -0.1) is 0 Å². The molecule has 1 aromatic carbocycles. The monoisotopic (exact) mass is 288 g/mol. The smallest absolute Gasteiger partial charge is 0.257 e. The van der Waals surface area contributed by atoms with Crippen LogP contribution in [0.1, 0.15) is 21.9 Å². The molecular weight excluding hydrogens is 278 g/mol. The number of aromatic nitrogens is 1. The number of hydrogen-bond acceptors (Lipinski definition) is 6. The summed E-state index contributed by atoms with van der Waals surface area (Å²) in [5, 5.41) is 11.1. The maximum absolute atomic E-state index is 10.6. The summed E-state index contributed by atoms with van der Waals surface area (Å²) in [6, 6.07) is 8.76. The Morgan fingerprint density at radius 1 is 1.30 bits per heavy atom.